The fraction of sp³-hybridized carbons (Fsp3) is 0.192. The fourth-order valence-corrected chi connectivity index (χ4v) is 3.88. The normalized spacial score (nSPS) is 10.7. The summed E-state index contributed by atoms with van der Waals surface area (Å²) in [4.78, 5) is 19.7. The predicted octanol–water partition coefficient (Wildman–Crippen LogP) is 5.63. The van der Waals surface area contributed by atoms with E-state index < -0.39 is 0 Å². The summed E-state index contributed by atoms with van der Waals surface area (Å²) in [5.41, 5.74) is 7.62. The second-order valence-corrected chi connectivity index (χ2v) is 7.98. The molecule has 2 aromatic heterocycles. The third kappa shape index (κ3) is 5.03. The summed E-state index contributed by atoms with van der Waals surface area (Å²) >= 11 is 0. The van der Waals surface area contributed by atoms with Crippen LogP contribution >= 0.6 is 0 Å². The molecule has 0 saturated heterocycles. The summed E-state index contributed by atoms with van der Waals surface area (Å²) in [7, 11) is 0. The Hall–Kier alpha value is -3.93. The molecular weight excluding hydrogens is 398 g/mol. The molecule has 0 aliphatic heterocycles. The van der Waals surface area contributed by atoms with Crippen LogP contribution < -0.4 is 5.32 Å². The van der Waals surface area contributed by atoms with Crippen molar-refractivity contribution in [3.05, 3.63) is 101 Å². The molecule has 6 nitrogen and oxygen atoms in total. The number of aryl methyl sites for hydroxylation is 3. The molecule has 32 heavy (non-hydrogen) atoms. The molecule has 0 aliphatic rings. The molecule has 6 heteroatoms. The molecule has 4 aromatic rings. The van der Waals surface area contributed by atoms with Crippen molar-refractivity contribution < 1.29 is 4.79 Å². The van der Waals surface area contributed by atoms with Crippen LogP contribution in [-0.2, 0) is 13.1 Å². The first-order valence-corrected chi connectivity index (χ1v) is 10.6. The number of aromatic amines is 1. The number of carbonyl (C=O) groups is 1. The number of carbonyl (C=O) groups excluding carboxylic acids is 1. The second-order valence-electron chi connectivity index (χ2n) is 7.98. The highest BCUT2D eigenvalue weighted by atomic mass is 16.2. The van der Waals surface area contributed by atoms with Crippen molar-refractivity contribution in [3.8, 4) is 11.3 Å². The molecule has 0 atom stereocenters. The van der Waals surface area contributed by atoms with E-state index in [0.717, 1.165) is 45.0 Å². The molecule has 0 fully saturated rings. The van der Waals surface area contributed by atoms with E-state index in [4.69, 9.17) is 0 Å². The first kappa shape index (κ1) is 21.3. The highest BCUT2D eigenvalue weighted by Gasteiger charge is 2.18. The minimum absolute atomic E-state index is 0.155. The van der Waals surface area contributed by atoms with E-state index in [1.165, 1.54) is 0 Å². The predicted molar refractivity (Wildman–Crippen MR) is 127 cm³/mol. The van der Waals surface area contributed by atoms with Crippen LogP contribution in [0.2, 0.25) is 0 Å². The lowest BCUT2D eigenvalue weighted by Crippen LogP contribution is -2.34. The Balaban J connectivity index is 1.60. The van der Waals surface area contributed by atoms with E-state index >= 15 is 0 Å². The lowest BCUT2D eigenvalue weighted by atomic mass is 10.1. The first-order chi connectivity index (χ1) is 15.5. The van der Waals surface area contributed by atoms with Gasteiger partial charge in [0.2, 0.25) is 0 Å². The van der Waals surface area contributed by atoms with E-state index in [1.54, 1.807) is 6.20 Å². The van der Waals surface area contributed by atoms with Gasteiger partial charge in [0.05, 0.1) is 17.1 Å². The fourth-order valence-electron chi connectivity index (χ4n) is 3.88. The van der Waals surface area contributed by atoms with Crippen LogP contribution in [0.5, 0.6) is 0 Å². The molecule has 162 valence electrons. The molecule has 2 heterocycles. The molecule has 0 unspecified atom stereocenters. The Morgan fingerprint density at radius 3 is 2.41 bits per heavy atom. The molecule has 0 radical (unpaired) electrons. The van der Waals surface area contributed by atoms with Gasteiger partial charge in [0.15, 0.2) is 0 Å². The van der Waals surface area contributed by atoms with Gasteiger partial charge in [-0.15, -0.1) is 0 Å². The van der Waals surface area contributed by atoms with Crippen molar-refractivity contribution in [2.45, 2.75) is 33.9 Å². The Morgan fingerprint density at radius 1 is 0.938 bits per heavy atom. The number of pyridine rings is 1. The van der Waals surface area contributed by atoms with Crippen molar-refractivity contribution >= 4 is 11.7 Å². The third-order valence-electron chi connectivity index (χ3n) is 5.37. The summed E-state index contributed by atoms with van der Waals surface area (Å²) in [6.45, 7) is 6.84. The van der Waals surface area contributed by atoms with E-state index in [2.05, 4.69) is 26.6 Å². The van der Waals surface area contributed by atoms with Gasteiger partial charge >= 0.3 is 6.03 Å². The highest BCUT2D eigenvalue weighted by molar-refractivity contribution is 5.90. The molecule has 2 N–H and O–H groups in total. The quantitative estimate of drug-likeness (QED) is 0.420. The second kappa shape index (κ2) is 9.47. The van der Waals surface area contributed by atoms with Gasteiger partial charge in [-0.1, -0.05) is 48.5 Å². The summed E-state index contributed by atoms with van der Waals surface area (Å²) in [5, 5.41) is 10.1. The lowest BCUT2D eigenvalue weighted by Gasteiger charge is -2.25. The molecule has 2 aromatic carbocycles. The number of urea groups is 1. The number of hydrogen-bond acceptors (Lipinski definition) is 3. The smallest absolute Gasteiger partial charge is 0.316 e. The SMILES string of the molecule is Cc1cc(C)c(NC(=O)N(Cc2ccccc2)Cc2cccc(-c3ccn[nH]3)c2)c(C)n1. The average molecular weight is 426 g/mol. The lowest BCUT2D eigenvalue weighted by molar-refractivity contribution is 0.206. The number of H-pyrrole nitrogens is 1. The first-order valence-electron chi connectivity index (χ1n) is 10.6. The van der Waals surface area contributed by atoms with Crippen molar-refractivity contribution in [1.29, 1.82) is 0 Å². The van der Waals surface area contributed by atoms with Crippen LogP contribution in [-0.4, -0.2) is 26.1 Å². The van der Waals surface area contributed by atoms with Crippen LogP contribution in [0.4, 0.5) is 10.5 Å². The Labute approximate surface area is 188 Å². The van der Waals surface area contributed by atoms with E-state index in [1.807, 2.05) is 86.3 Å². The standard InChI is InChI=1S/C26H27N5O/c1-18-14-19(2)28-20(3)25(18)29-26(32)31(16-21-8-5-4-6-9-21)17-22-10-7-11-23(15-22)24-12-13-27-30-24/h4-15H,16-17H2,1-3H3,(H,27,30)(H,29,32). The largest absolute Gasteiger partial charge is 0.322 e. The van der Waals surface area contributed by atoms with Gasteiger partial charge in [0.1, 0.15) is 0 Å². The van der Waals surface area contributed by atoms with E-state index in [9.17, 15) is 4.79 Å². The monoisotopic (exact) mass is 425 g/mol. The average Bonchev–Trinajstić information content (AvgIpc) is 3.32. The van der Waals surface area contributed by atoms with Gasteiger partial charge < -0.3 is 10.2 Å². The minimum Gasteiger partial charge on any atom is -0.316 e. The molecular formula is C26H27N5O. The number of anilines is 1. The van der Waals surface area contributed by atoms with Crippen molar-refractivity contribution in [2.75, 3.05) is 5.32 Å². The number of amides is 2. The molecule has 0 aliphatic carbocycles. The van der Waals surface area contributed by atoms with Crippen molar-refractivity contribution in [2.24, 2.45) is 0 Å². The van der Waals surface area contributed by atoms with Crippen LogP contribution in [0, 0.1) is 20.8 Å². The molecule has 0 saturated carbocycles. The van der Waals surface area contributed by atoms with Gasteiger partial charge in [-0.05, 0) is 61.2 Å². The number of hydrogen-bond donors (Lipinski definition) is 2. The number of aromatic nitrogens is 3. The summed E-state index contributed by atoms with van der Waals surface area (Å²) in [5.74, 6) is 0. The zero-order valence-electron chi connectivity index (χ0n) is 18.6. The van der Waals surface area contributed by atoms with Gasteiger partial charge in [-0.25, -0.2) is 4.79 Å². The number of benzene rings is 2. The Bertz CT molecular complexity index is 1180. The van der Waals surface area contributed by atoms with Gasteiger partial charge in [-0.3, -0.25) is 10.1 Å². The molecule has 2 amide bonds. The maximum atomic E-state index is 13.4. The van der Waals surface area contributed by atoms with Crippen molar-refractivity contribution in [3.63, 3.8) is 0 Å². The molecule has 0 bridgehead atoms. The maximum absolute atomic E-state index is 13.4. The third-order valence-corrected chi connectivity index (χ3v) is 5.37. The number of nitrogens with one attached hydrogen (secondary N) is 2. The van der Waals surface area contributed by atoms with Crippen molar-refractivity contribution in [1.82, 2.24) is 20.1 Å². The molecule has 4 rings (SSSR count). The Kier molecular flexibility index (Phi) is 6.31. The summed E-state index contributed by atoms with van der Waals surface area (Å²) < 4.78 is 0. The zero-order chi connectivity index (χ0) is 22.5. The summed E-state index contributed by atoms with van der Waals surface area (Å²) in [6, 6.07) is 21.9. The van der Waals surface area contributed by atoms with Gasteiger partial charge in [0.25, 0.3) is 0 Å². The topological polar surface area (TPSA) is 73.9 Å². The van der Waals surface area contributed by atoms with Crippen LogP contribution in [0.3, 0.4) is 0 Å². The number of nitrogens with zero attached hydrogens (tertiary/aromatic N) is 3. The number of rotatable bonds is 6. The molecule has 0 spiro atoms. The van der Waals surface area contributed by atoms with E-state index in [-0.39, 0.29) is 6.03 Å². The maximum Gasteiger partial charge on any atom is 0.322 e. The minimum atomic E-state index is -0.155. The zero-order valence-corrected chi connectivity index (χ0v) is 18.6. The van der Waals surface area contributed by atoms with Crippen LogP contribution in [0.1, 0.15) is 28.1 Å². The van der Waals surface area contributed by atoms with Gasteiger partial charge in [-0.2, -0.15) is 5.10 Å². The van der Waals surface area contributed by atoms with Gasteiger partial charge in [0, 0.05) is 25.0 Å². The van der Waals surface area contributed by atoms with E-state index in [0.29, 0.717) is 13.1 Å². The van der Waals surface area contributed by atoms with Crippen LogP contribution in [0.15, 0.2) is 72.9 Å². The summed E-state index contributed by atoms with van der Waals surface area (Å²) in [6.07, 6.45) is 1.73. The van der Waals surface area contributed by atoms with Crippen LogP contribution in [0.25, 0.3) is 11.3 Å². The highest BCUT2D eigenvalue weighted by Crippen LogP contribution is 2.22. The Morgan fingerprint density at radius 2 is 1.69 bits per heavy atom.